The Labute approximate surface area is 237 Å². The molecule has 3 aromatic rings. The summed E-state index contributed by atoms with van der Waals surface area (Å²) in [6.45, 7) is 18.0. The molecule has 0 spiro atoms. The first-order valence-corrected chi connectivity index (χ1v) is 14.2. The molecule has 2 aromatic carbocycles. The summed E-state index contributed by atoms with van der Waals surface area (Å²) in [7, 11) is 1.46. The molecule has 2 unspecified atom stereocenters. The van der Waals surface area contributed by atoms with Crippen LogP contribution in [0.4, 0.5) is 8.78 Å². The number of allylic oxidation sites excluding steroid dienone is 2. The highest BCUT2D eigenvalue weighted by Crippen LogP contribution is 2.43. The molecular formula is C32H42ClF2N3O. The Hall–Kier alpha value is -2.57. The average molecular weight is 558 g/mol. The van der Waals surface area contributed by atoms with E-state index in [4.69, 9.17) is 16.3 Å². The van der Waals surface area contributed by atoms with Crippen molar-refractivity contribution in [1.29, 1.82) is 0 Å². The smallest absolute Gasteiger partial charge is 0.316 e. The fourth-order valence-electron chi connectivity index (χ4n) is 5.45. The topological polar surface area (TPSA) is 38.3 Å². The Kier molecular flexibility index (Phi) is 10.5. The molecule has 0 radical (unpaired) electrons. The second-order valence-corrected chi connectivity index (χ2v) is 10.8. The third-order valence-corrected chi connectivity index (χ3v) is 8.39. The predicted molar refractivity (Wildman–Crippen MR) is 160 cm³/mol. The molecule has 0 bridgehead atoms. The van der Waals surface area contributed by atoms with Gasteiger partial charge in [-0.05, 0) is 101 Å². The minimum absolute atomic E-state index is 0.125. The molecule has 0 amide bonds. The first-order chi connectivity index (χ1) is 18.5. The van der Waals surface area contributed by atoms with E-state index in [9.17, 15) is 4.39 Å². The molecule has 0 saturated carbocycles. The molecule has 2 aliphatic heterocycles. The minimum atomic E-state index is -0.518. The number of hydrogen-bond donors (Lipinski definition) is 0. The molecule has 39 heavy (non-hydrogen) atoms. The van der Waals surface area contributed by atoms with Crippen molar-refractivity contribution in [2.75, 3.05) is 20.2 Å². The molecule has 2 atom stereocenters. The van der Waals surface area contributed by atoms with Crippen molar-refractivity contribution < 1.29 is 13.5 Å². The van der Waals surface area contributed by atoms with Gasteiger partial charge in [0.1, 0.15) is 11.7 Å². The van der Waals surface area contributed by atoms with E-state index in [1.165, 1.54) is 25.5 Å². The molecule has 3 heterocycles. The first kappa shape index (κ1) is 31.0. The standard InChI is InChI=1S/C23H24ClFN2O.C7H12FN.C2H6/c1-11(2)13(4)18-14(5)12(3)8-9-16(18)19-20(24)15(6)17-10-26-23(28-7)27-22(17)21(19)25;8-6-4-7-2-1-3-9(7)5-6;1-2/h8-10H,1-7H3;6-7H,1-5H2;1-2H3. The van der Waals surface area contributed by atoms with E-state index in [0.29, 0.717) is 28.6 Å². The van der Waals surface area contributed by atoms with Gasteiger partial charge in [0.15, 0.2) is 5.82 Å². The van der Waals surface area contributed by atoms with Crippen LogP contribution in [0.25, 0.3) is 27.6 Å². The number of halogens is 3. The molecule has 212 valence electrons. The molecule has 0 N–H and O–H groups in total. The third-order valence-electron chi connectivity index (χ3n) is 7.92. The predicted octanol–water partition coefficient (Wildman–Crippen LogP) is 9.06. The molecule has 2 saturated heterocycles. The number of nitrogens with zero attached hydrogens (tertiary/aromatic N) is 3. The van der Waals surface area contributed by atoms with Crippen molar-refractivity contribution in [2.24, 2.45) is 0 Å². The van der Waals surface area contributed by atoms with Gasteiger partial charge in [0.25, 0.3) is 0 Å². The molecule has 1 aromatic heterocycles. The van der Waals surface area contributed by atoms with Crippen molar-refractivity contribution in [1.82, 2.24) is 14.9 Å². The normalized spacial score (nSPS) is 18.2. The average Bonchev–Trinajstić information content (AvgIpc) is 3.51. The zero-order chi connectivity index (χ0) is 29.0. The lowest BCUT2D eigenvalue weighted by Gasteiger charge is -2.20. The van der Waals surface area contributed by atoms with Gasteiger partial charge in [0, 0.05) is 29.7 Å². The molecular weight excluding hydrogens is 516 g/mol. The van der Waals surface area contributed by atoms with Crippen LogP contribution in [0.5, 0.6) is 6.01 Å². The van der Waals surface area contributed by atoms with Gasteiger partial charge in [-0.1, -0.05) is 43.2 Å². The van der Waals surface area contributed by atoms with Crippen LogP contribution in [-0.2, 0) is 0 Å². The maximum Gasteiger partial charge on any atom is 0.316 e. The summed E-state index contributed by atoms with van der Waals surface area (Å²) >= 11 is 6.69. The van der Waals surface area contributed by atoms with E-state index in [1.807, 2.05) is 32.9 Å². The number of benzene rings is 2. The summed E-state index contributed by atoms with van der Waals surface area (Å²) in [6.07, 6.45) is 4.37. The van der Waals surface area contributed by atoms with Crippen LogP contribution < -0.4 is 4.74 Å². The van der Waals surface area contributed by atoms with E-state index in [1.54, 1.807) is 6.20 Å². The number of methoxy groups -OCH3 is 1. The first-order valence-electron chi connectivity index (χ1n) is 13.9. The van der Waals surface area contributed by atoms with Crippen molar-refractivity contribution in [3.8, 4) is 17.1 Å². The van der Waals surface area contributed by atoms with Crippen LogP contribution in [0.1, 0.15) is 76.1 Å². The van der Waals surface area contributed by atoms with Gasteiger partial charge in [-0.3, -0.25) is 4.90 Å². The summed E-state index contributed by atoms with van der Waals surface area (Å²) in [5, 5.41) is 0.959. The van der Waals surface area contributed by atoms with Crippen molar-refractivity contribution >= 4 is 28.1 Å². The number of alkyl halides is 1. The van der Waals surface area contributed by atoms with Crippen LogP contribution in [0, 0.1) is 26.6 Å². The van der Waals surface area contributed by atoms with E-state index in [-0.39, 0.29) is 11.5 Å². The van der Waals surface area contributed by atoms with Crippen molar-refractivity contribution in [3.63, 3.8) is 0 Å². The zero-order valence-electron chi connectivity index (χ0n) is 24.8. The van der Waals surface area contributed by atoms with E-state index in [2.05, 4.69) is 49.5 Å². The summed E-state index contributed by atoms with van der Waals surface area (Å²) in [4.78, 5) is 10.6. The van der Waals surface area contributed by atoms with Gasteiger partial charge in [-0.25, -0.2) is 13.8 Å². The number of fused-ring (bicyclic) bond motifs is 2. The summed E-state index contributed by atoms with van der Waals surface area (Å²) in [5.74, 6) is -0.461. The zero-order valence-corrected chi connectivity index (χ0v) is 25.6. The second-order valence-electron chi connectivity index (χ2n) is 10.4. The molecule has 4 nitrogen and oxygen atoms in total. The lowest BCUT2D eigenvalue weighted by atomic mass is 9.86. The van der Waals surface area contributed by atoms with Gasteiger partial charge < -0.3 is 4.74 Å². The molecule has 2 fully saturated rings. The Morgan fingerprint density at radius 3 is 2.41 bits per heavy atom. The largest absolute Gasteiger partial charge is 0.467 e. The van der Waals surface area contributed by atoms with E-state index < -0.39 is 12.0 Å². The van der Waals surface area contributed by atoms with Crippen LogP contribution in [0.15, 0.2) is 23.9 Å². The lowest BCUT2D eigenvalue weighted by molar-refractivity contribution is 0.292. The van der Waals surface area contributed by atoms with Gasteiger partial charge in [0.2, 0.25) is 0 Å². The number of hydrogen-bond acceptors (Lipinski definition) is 4. The maximum atomic E-state index is 15.7. The monoisotopic (exact) mass is 557 g/mol. The van der Waals surface area contributed by atoms with Crippen LogP contribution >= 0.6 is 11.6 Å². The number of aryl methyl sites for hydroxylation is 2. The van der Waals surface area contributed by atoms with E-state index in [0.717, 1.165) is 46.4 Å². The SMILES string of the molecule is CC.COc1ncc2c(C)c(Cl)c(-c3ccc(C)c(C)c3C(C)=C(C)C)c(F)c2n1.FC1CC2CCCN2C1. The Balaban J connectivity index is 0.000000316. The molecule has 7 heteroatoms. The van der Waals surface area contributed by atoms with Gasteiger partial charge >= 0.3 is 6.01 Å². The highest BCUT2D eigenvalue weighted by molar-refractivity contribution is 6.35. The van der Waals surface area contributed by atoms with E-state index >= 15 is 4.39 Å². The Bertz CT molecular complexity index is 1360. The van der Waals surface area contributed by atoms with Gasteiger partial charge in [0.05, 0.1) is 12.1 Å². The van der Waals surface area contributed by atoms with Crippen LogP contribution in [0.3, 0.4) is 0 Å². The van der Waals surface area contributed by atoms with Crippen molar-refractivity contribution in [3.05, 3.63) is 57.0 Å². The van der Waals surface area contributed by atoms with Gasteiger partial charge in [-0.15, -0.1) is 0 Å². The number of aromatic nitrogens is 2. The van der Waals surface area contributed by atoms with Crippen molar-refractivity contribution in [2.45, 2.75) is 86.9 Å². The van der Waals surface area contributed by atoms with Crippen LogP contribution in [0.2, 0.25) is 5.02 Å². The molecule has 0 aliphatic carbocycles. The summed E-state index contributed by atoms with van der Waals surface area (Å²) in [5.41, 5.74) is 7.66. The van der Waals surface area contributed by atoms with Gasteiger partial charge in [-0.2, -0.15) is 4.98 Å². The summed E-state index contributed by atoms with van der Waals surface area (Å²) < 4.78 is 33.4. The fraction of sp³-hybridized carbons (Fsp3) is 0.500. The Morgan fingerprint density at radius 1 is 1.10 bits per heavy atom. The Morgan fingerprint density at radius 2 is 1.79 bits per heavy atom. The fourth-order valence-corrected chi connectivity index (χ4v) is 5.73. The highest BCUT2D eigenvalue weighted by Gasteiger charge is 2.34. The number of rotatable bonds is 3. The quantitative estimate of drug-likeness (QED) is 0.322. The molecule has 5 rings (SSSR count). The second kappa shape index (κ2) is 13.2. The maximum absolute atomic E-state index is 15.7. The number of ether oxygens (including phenoxy) is 1. The lowest BCUT2D eigenvalue weighted by Crippen LogP contribution is -2.22. The van der Waals surface area contributed by atoms with Crippen LogP contribution in [-0.4, -0.2) is 47.3 Å². The molecule has 2 aliphatic rings. The third kappa shape index (κ3) is 6.28. The minimum Gasteiger partial charge on any atom is -0.467 e. The summed E-state index contributed by atoms with van der Waals surface area (Å²) in [6, 6.07) is 4.68. The highest BCUT2D eigenvalue weighted by atomic mass is 35.5.